The van der Waals surface area contributed by atoms with Gasteiger partial charge in [-0.15, -0.1) is 5.10 Å². The molecule has 21 heavy (non-hydrogen) atoms. The zero-order chi connectivity index (χ0) is 15.0. The number of benzene rings is 1. The van der Waals surface area contributed by atoms with Crippen LogP contribution in [0.25, 0.3) is 0 Å². The summed E-state index contributed by atoms with van der Waals surface area (Å²) in [5, 5.41) is 6.89. The molecule has 1 atom stereocenters. The summed E-state index contributed by atoms with van der Waals surface area (Å²) in [6.45, 7) is 0. The van der Waals surface area contributed by atoms with Crippen LogP contribution in [0.3, 0.4) is 0 Å². The zero-order valence-corrected chi connectivity index (χ0v) is 11.9. The molecule has 2 aromatic rings. The van der Waals surface area contributed by atoms with Crippen molar-refractivity contribution >= 4 is 11.8 Å². The van der Waals surface area contributed by atoms with Crippen LogP contribution in [0.1, 0.15) is 30.5 Å². The van der Waals surface area contributed by atoms with E-state index in [1.807, 2.05) is 0 Å². The SMILES string of the molecule is NC(CSc1n[nH]c(=O)n1C1CC1)c1cc(F)ccc1F. The number of rotatable bonds is 5. The third kappa shape index (κ3) is 3.01. The summed E-state index contributed by atoms with van der Waals surface area (Å²) in [5.41, 5.74) is 5.79. The van der Waals surface area contributed by atoms with Gasteiger partial charge in [-0.25, -0.2) is 18.7 Å². The number of hydrogen-bond donors (Lipinski definition) is 2. The van der Waals surface area contributed by atoms with Crippen molar-refractivity contribution in [2.24, 2.45) is 5.73 Å². The maximum absolute atomic E-state index is 13.6. The molecule has 1 saturated carbocycles. The number of hydrogen-bond acceptors (Lipinski definition) is 4. The molecule has 3 N–H and O–H groups in total. The van der Waals surface area contributed by atoms with Gasteiger partial charge in [-0.2, -0.15) is 0 Å². The van der Waals surface area contributed by atoms with E-state index in [-0.39, 0.29) is 17.3 Å². The van der Waals surface area contributed by atoms with E-state index in [0.717, 1.165) is 31.0 Å². The lowest BCUT2D eigenvalue weighted by molar-refractivity contribution is 0.572. The Labute approximate surface area is 123 Å². The van der Waals surface area contributed by atoms with Crippen molar-refractivity contribution in [3.63, 3.8) is 0 Å². The van der Waals surface area contributed by atoms with Gasteiger partial charge in [0.25, 0.3) is 0 Å². The van der Waals surface area contributed by atoms with Crippen LogP contribution in [0.2, 0.25) is 0 Å². The third-order valence-corrected chi connectivity index (χ3v) is 4.41. The van der Waals surface area contributed by atoms with E-state index >= 15 is 0 Å². The third-order valence-electron chi connectivity index (χ3n) is 3.33. The topological polar surface area (TPSA) is 76.7 Å². The van der Waals surface area contributed by atoms with Crippen molar-refractivity contribution in [3.05, 3.63) is 45.9 Å². The predicted octanol–water partition coefficient (Wildman–Crippen LogP) is 1.98. The number of H-pyrrole nitrogens is 1. The van der Waals surface area contributed by atoms with E-state index < -0.39 is 17.7 Å². The molecule has 1 aliphatic rings. The standard InChI is InChI=1S/C13H14F2N4OS/c14-7-1-4-10(15)9(5-7)11(16)6-21-13-18-17-12(20)19(13)8-2-3-8/h1,4-5,8,11H,2-3,6,16H2,(H,17,20). The lowest BCUT2D eigenvalue weighted by Crippen LogP contribution is -2.18. The summed E-state index contributed by atoms with van der Waals surface area (Å²) in [6, 6.07) is 2.73. The highest BCUT2D eigenvalue weighted by Gasteiger charge is 2.28. The normalized spacial score (nSPS) is 16.1. The lowest BCUT2D eigenvalue weighted by atomic mass is 10.1. The monoisotopic (exact) mass is 312 g/mol. The number of halogens is 2. The molecule has 0 saturated heterocycles. The van der Waals surface area contributed by atoms with Crippen LogP contribution in [0.5, 0.6) is 0 Å². The molecule has 1 aromatic carbocycles. The molecule has 0 radical (unpaired) electrons. The Kier molecular flexibility index (Phi) is 3.81. The first-order valence-electron chi connectivity index (χ1n) is 6.56. The first-order chi connectivity index (χ1) is 10.1. The molecular weight excluding hydrogens is 298 g/mol. The Bertz CT molecular complexity index is 710. The molecule has 0 bridgehead atoms. The Morgan fingerprint density at radius 1 is 1.48 bits per heavy atom. The molecule has 0 aliphatic heterocycles. The van der Waals surface area contributed by atoms with Crippen LogP contribution in [-0.2, 0) is 0 Å². The van der Waals surface area contributed by atoms with Crippen molar-refractivity contribution in [3.8, 4) is 0 Å². The van der Waals surface area contributed by atoms with Crippen LogP contribution < -0.4 is 11.4 Å². The van der Waals surface area contributed by atoms with Crippen LogP contribution >= 0.6 is 11.8 Å². The zero-order valence-electron chi connectivity index (χ0n) is 11.1. The van der Waals surface area contributed by atoms with Crippen molar-refractivity contribution in [2.75, 3.05) is 5.75 Å². The average molecular weight is 312 g/mol. The van der Waals surface area contributed by atoms with Gasteiger partial charge in [-0.3, -0.25) is 4.57 Å². The summed E-state index contributed by atoms with van der Waals surface area (Å²) in [6.07, 6.45) is 1.91. The minimum atomic E-state index is -0.676. The van der Waals surface area contributed by atoms with E-state index in [0.29, 0.717) is 10.9 Å². The van der Waals surface area contributed by atoms with Gasteiger partial charge < -0.3 is 5.73 Å². The number of nitrogens with two attached hydrogens (primary N) is 1. The van der Waals surface area contributed by atoms with Gasteiger partial charge >= 0.3 is 5.69 Å². The minimum Gasteiger partial charge on any atom is -0.323 e. The highest BCUT2D eigenvalue weighted by molar-refractivity contribution is 7.99. The largest absolute Gasteiger partial charge is 0.344 e. The maximum atomic E-state index is 13.6. The van der Waals surface area contributed by atoms with Crippen molar-refractivity contribution in [1.29, 1.82) is 0 Å². The first kappa shape index (κ1) is 14.3. The van der Waals surface area contributed by atoms with Crippen molar-refractivity contribution < 1.29 is 8.78 Å². The molecule has 0 spiro atoms. The van der Waals surface area contributed by atoms with Gasteiger partial charge in [0.1, 0.15) is 11.6 Å². The Morgan fingerprint density at radius 3 is 2.95 bits per heavy atom. The summed E-state index contributed by atoms with van der Waals surface area (Å²) in [4.78, 5) is 11.6. The Morgan fingerprint density at radius 2 is 2.24 bits per heavy atom. The second kappa shape index (κ2) is 5.61. The van der Waals surface area contributed by atoms with E-state index in [1.165, 1.54) is 11.8 Å². The molecular formula is C13H14F2N4OS. The van der Waals surface area contributed by atoms with Crippen LogP contribution in [-0.4, -0.2) is 20.5 Å². The molecule has 112 valence electrons. The van der Waals surface area contributed by atoms with E-state index in [2.05, 4.69) is 10.2 Å². The Balaban J connectivity index is 1.73. The molecule has 3 rings (SSSR count). The summed E-state index contributed by atoms with van der Waals surface area (Å²) in [7, 11) is 0. The molecule has 1 unspecified atom stereocenters. The first-order valence-corrected chi connectivity index (χ1v) is 7.55. The van der Waals surface area contributed by atoms with Gasteiger partial charge in [0, 0.05) is 23.4 Å². The molecule has 0 amide bonds. The minimum absolute atomic E-state index is 0.123. The van der Waals surface area contributed by atoms with Gasteiger partial charge in [-0.1, -0.05) is 11.8 Å². The molecule has 1 heterocycles. The van der Waals surface area contributed by atoms with E-state index in [4.69, 9.17) is 5.73 Å². The highest BCUT2D eigenvalue weighted by Crippen LogP contribution is 2.36. The van der Waals surface area contributed by atoms with Gasteiger partial charge in [0.15, 0.2) is 5.16 Å². The fourth-order valence-corrected chi connectivity index (χ4v) is 3.09. The number of nitrogens with zero attached hydrogens (tertiary/aromatic N) is 2. The second-order valence-corrected chi connectivity index (χ2v) is 5.98. The van der Waals surface area contributed by atoms with Gasteiger partial charge in [-0.05, 0) is 31.0 Å². The highest BCUT2D eigenvalue weighted by atomic mass is 32.2. The van der Waals surface area contributed by atoms with E-state index in [9.17, 15) is 13.6 Å². The summed E-state index contributed by atoms with van der Waals surface area (Å²) >= 11 is 1.26. The smallest absolute Gasteiger partial charge is 0.323 e. The maximum Gasteiger partial charge on any atom is 0.344 e. The van der Waals surface area contributed by atoms with Crippen molar-refractivity contribution in [2.45, 2.75) is 30.1 Å². The fraction of sp³-hybridized carbons (Fsp3) is 0.385. The number of thioether (sulfide) groups is 1. The lowest BCUT2D eigenvalue weighted by Gasteiger charge is -2.12. The fourth-order valence-electron chi connectivity index (χ4n) is 2.10. The molecule has 1 fully saturated rings. The summed E-state index contributed by atoms with van der Waals surface area (Å²) in [5.74, 6) is -0.759. The van der Waals surface area contributed by atoms with Crippen molar-refractivity contribution in [1.82, 2.24) is 14.8 Å². The van der Waals surface area contributed by atoms with Crippen LogP contribution in [0.4, 0.5) is 8.78 Å². The Hall–Kier alpha value is -1.67. The predicted molar refractivity (Wildman–Crippen MR) is 75.1 cm³/mol. The number of nitrogens with one attached hydrogen (secondary N) is 1. The molecule has 5 nitrogen and oxygen atoms in total. The quantitative estimate of drug-likeness (QED) is 0.828. The molecule has 8 heteroatoms. The van der Waals surface area contributed by atoms with Gasteiger partial charge in [0.05, 0.1) is 0 Å². The number of aromatic nitrogens is 3. The second-order valence-electron chi connectivity index (χ2n) is 5.00. The summed E-state index contributed by atoms with van der Waals surface area (Å²) < 4.78 is 28.4. The molecule has 1 aliphatic carbocycles. The number of aromatic amines is 1. The van der Waals surface area contributed by atoms with Crippen LogP contribution in [0, 0.1) is 11.6 Å². The average Bonchev–Trinajstić information content (AvgIpc) is 3.22. The van der Waals surface area contributed by atoms with E-state index in [1.54, 1.807) is 4.57 Å². The van der Waals surface area contributed by atoms with Gasteiger partial charge in [0.2, 0.25) is 0 Å². The van der Waals surface area contributed by atoms with Crippen LogP contribution in [0.15, 0.2) is 28.2 Å². The molecule has 1 aromatic heterocycles.